The second kappa shape index (κ2) is 12.3. The van der Waals surface area contributed by atoms with Crippen LogP contribution in [0.25, 0.3) is 33.3 Å². The van der Waals surface area contributed by atoms with Gasteiger partial charge in [-0.05, 0) is 70.8 Å². The van der Waals surface area contributed by atoms with E-state index in [1.54, 1.807) is 0 Å². The highest BCUT2D eigenvalue weighted by atomic mass is 16.3. The summed E-state index contributed by atoms with van der Waals surface area (Å²) in [5, 5.41) is 2.09. The van der Waals surface area contributed by atoms with Gasteiger partial charge in [0, 0.05) is 22.1 Å². The Kier molecular flexibility index (Phi) is 7.21. The number of benzene rings is 6. The summed E-state index contributed by atoms with van der Waals surface area (Å²) in [7, 11) is 0. The molecule has 0 spiro atoms. The lowest BCUT2D eigenvalue weighted by atomic mass is 10.0. The molecule has 2 aliphatic rings. The fourth-order valence-electron chi connectivity index (χ4n) is 6.77. The maximum absolute atomic E-state index is 6.38. The van der Waals surface area contributed by atoms with E-state index in [1.165, 1.54) is 0 Å². The first kappa shape index (κ1) is 28.7. The molecular weight excluding hydrogens is 601 g/mol. The summed E-state index contributed by atoms with van der Waals surface area (Å²) in [5.74, 6) is 0. The summed E-state index contributed by atoms with van der Waals surface area (Å²) in [6.45, 7) is 0. The highest BCUT2D eigenvalue weighted by Gasteiger charge is 2.23. The lowest BCUT2D eigenvalue weighted by Crippen LogP contribution is -2.24. The predicted molar refractivity (Wildman–Crippen MR) is 203 cm³/mol. The molecule has 0 radical (unpaired) electrons. The molecule has 0 N–H and O–H groups in total. The largest absolute Gasteiger partial charge is 0.456 e. The van der Waals surface area contributed by atoms with E-state index in [9.17, 15) is 0 Å². The molecule has 0 aliphatic carbocycles. The van der Waals surface area contributed by atoms with Crippen molar-refractivity contribution in [2.75, 3.05) is 9.80 Å². The zero-order valence-corrected chi connectivity index (χ0v) is 26.7. The molecular formula is C44H32N4O. The summed E-state index contributed by atoms with van der Waals surface area (Å²) < 4.78 is 6.38. The third-order valence-electron chi connectivity index (χ3n) is 9.25. The van der Waals surface area contributed by atoms with E-state index in [2.05, 4.69) is 168 Å². The summed E-state index contributed by atoms with van der Waals surface area (Å²) >= 11 is 0. The minimum absolute atomic E-state index is 0.0618. The van der Waals surface area contributed by atoms with Crippen molar-refractivity contribution in [3.8, 4) is 0 Å². The molecule has 2 unspecified atom stereocenters. The van der Waals surface area contributed by atoms with Crippen LogP contribution in [0.1, 0.15) is 34.3 Å². The monoisotopic (exact) mass is 632 g/mol. The second-order valence-corrected chi connectivity index (χ2v) is 12.3. The third kappa shape index (κ3) is 5.41. The molecule has 234 valence electrons. The van der Waals surface area contributed by atoms with Gasteiger partial charge in [0.25, 0.3) is 0 Å². The van der Waals surface area contributed by atoms with E-state index in [-0.39, 0.29) is 12.1 Å². The quantitative estimate of drug-likeness (QED) is 0.183. The topological polar surface area (TPSA) is 44.3 Å². The fourth-order valence-corrected chi connectivity index (χ4v) is 6.77. The number of hydrogen-bond donors (Lipinski definition) is 0. The highest BCUT2D eigenvalue weighted by molar-refractivity contribution is 6.11. The van der Waals surface area contributed by atoms with Crippen LogP contribution in [-0.4, -0.2) is 12.7 Å². The molecule has 2 aliphatic heterocycles. The summed E-state index contributed by atoms with van der Waals surface area (Å²) in [5.41, 5.74) is 10.5. The van der Waals surface area contributed by atoms with Crippen LogP contribution in [0.15, 0.2) is 184 Å². The van der Waals surface area contributed by atoms with Gasteiger partial charge in [0.1, 0.15) is 11.2 Å². The van der Waals surface area contributed by atoms with Gasteiger partial charge < -0.3 is 14.2 Å². The molecule has 5 heteroatoms. The lowest BCUT2D eigenvalue weighted by Gasteiger charge is -2.29. The van der Waals surface area contributed by atoms with Crippen LogP contribution < -0.4 is 9.80 Å². The molecule has 0 amide bonds. The first-order chi connectivity index (χ1) is 24.3. The second-order valence-electron chi connectivity index (χ2n) is 12.3. The van der Waals surface area contributed by atoms with E-state index in [0.717, 1.165) is 67.0 Å². The van der Waals surface area contributed by atoms with Crippen LogP contribution >= 0.6 is 0 Å². The molecule has 6 aromatic carbocycles. The molecule has 3 heterocycles. The molecule has 2 atom stereocenters. The van der Waals surface area contributed by atoms with Gasteiger partial charge in [0.05, 0.1) is 36.2 Å². The van der Waals surface area contributed by atoms with Crippen molar-refractivity contribution in [2.45, 2.75) is 12.1 Å². The molecule has 0 fully saturated rings. The highest BCUT2D eigenvalue weighted by Crippen LogP contribution is 2.40. The Hall–Kier alpha value is -6.46. The summed E-state index contributed by atoms with van der Waals surface area (Å²) in [4.78, 5) is 14.3. The van der Waals surface area contributed by atoms with Crippen LogP contribution in [0, 0.1) is 0 Å². The van der Waals surface area contributed by atoms with E-state index < -0.39 is 0 Å². The first-order valence-corrected chi connectivity index (χ1v) is 16.5. The number of anilines is 2. The number of hydrogen-bond acceptors (Lipinski definition) is 5. The Labute approximate surface area is 285 Å². The van der Waals surface area contributed by atoms with E-state index in [0.29, 0.717) is 0 Å². The Morgan fingerprint density at radius 1 is 0.429 bits per heavy atom. The van der Waals surface area contributed by atoms with Crippen molar-refractivity contribution >= 4 is 57.4 Å². The molecule has 0 saturated heterocycles. The Morgan fingerprint density at radius 3 is 1.22 bits per heavy atom. The minimum Gasteiger partial charge on any atom is -0.456 e. The molecule has 0 bridgehead atoms. The maximum atomic E-state index is 6.38. The number of rotatable bonds is 6. The van der Waals surface area contributed by atoms with Gasteiger partial charge in [0.15, 0.2) is 0 Å². The van der Waals surface area contributed by atoms with E-state index in [1.807, 2.05) is 24.8 Å². The lowest BCUT2D eigenvalue weighted by molar-refractivity contribution is 0.669. The third-order valence-corrected chi connectivity index (χ3v) is 9.25. The average Bonchev–Trinajstić information content (AvgIpc) is 3.56. The maximum Gasteiger partial charge on any atom is 0.135 e. The molecule has 1 aromatic heterocycles. The van der Waals surface area contributed by atoms with Gasteiger partial charge in [-0.3, -0.25) is 9.98 Å². The van der Waals surface area contributed by atoms with Gasteiger partial charge in [0.2, 0.25) is 0 Å². The Morgan fingerprint density at radius 2 is 0.816 bits per heavy atom. The zero-order valence-electron chi connectivity index (χ0n) is 26.7. The average molecular weight is 633 g/mol. The van der Waals surface area contributed by atoms with Crippen molar-refractivity contribution in [1.82, 2.24) is 0 Å². The molecule has 5 nitrogen and oxygen atoms in total. The van der Waals surface area contributed by atoms with Crippen molar-refractivity contribution < 1.29 is 4.42 Å². The predicted octanol–water partition coefficient (Wildman–Crippen LogP) is 10.8. The molecule has 49 heavy (non-hydrogen) atoms. The van der Waals surface area contributed by atoms with Gasteiger partial charge in [-0.1, -0.05) is 121 Å². The standard InChI is InChI=1S/C44H32N4O/c1-5-13-31(14-6-1)39-27-41(33-17-9-3-10-18-33)47(29-45-39)35-21-23-43-37(25-35)38-26-36(22-24-44(38)49-43)48-30-46-40(32-15-7-2-8-16-32)28-42(48)34-19-11-4-12-20-34/h1-30,39-40H. The van der Waals surface area contributed by atoms with Crippen molar-refractivity contribution in [3.05, 3.63) is 192 Å². The summed E-state index contributed by atoms with van der Waals surface area (Å²) in [6, 6.07) is 54.5. The van der Waals surface area contributed by atoms with Gasteiger partial charge in [-0.15, -0.1) is 0 Å². The summed E-state index contributed by atoms with van der Waals surface area (Å²) in [6.07, 6.45) is 8.41. The zero-order chi connectivity index (χ0) is 32.6. The van der Waals surface area contributed by atoms with Crippen LogP contribution in [0.3, 0.4) is 0 Å². The van der Waals surface area contributed by atoms with Crippen molar-refractivity contribution in [1.29, 1.82) is 0 Å². The van der Waals surface area contributed by atoms with Crippen molar-refractivity contribution in [2.24, 2.45) is 9.98 Å². The molecule has 0 saturated carbocycles. The molecule has 9 rings (SSSR count). The number of aliphatic imine (C=N–C) groups is 2. The van der Waals surface area contributed by atoms with Crippen LogP contribution in [-0.2, 0) is 0 Å². The SMILES string of the molecule is C1=NC(c2ccccc2)C=C(c2ccccc2)N1c1ccc2oc3ccc(N4C=NC(c5ccccc5)C=C4c4ccccc4)cc3c2c1. The minimum atomic E-state index is -0.0618. The Balaban J connectivity index is 1.12. The van der Waals surface area contributed by atoms with Gasteiger partial charge in [-0.2, -0.15) is 0 Å². The van der Waals surface area contributed by atoms with Crippen LogP contribution in [0.2, 0.25) is 0 Å². The van der Waals surface area contributed by atoms with Gasteiger partial charge in [-0.25, -0.2) is 0 Å². The van der Waals surface area contributed by atoms with Gasteiger partial charge >= 0.3 is 0 Å². The Bertz CT molecular complexity index is 2220. The van der Waals surface area contributed by atoms with Crippen LogP contribution in [0.5, 0.6) is 0 Å². The fraction of sp³-hybridized carbons (Fsp3) is 0.0455. The number of nitrogens with zero attached hydrogens (tertiary/aromatic N) is 4. The van der Waals surface area contributed by atoms with Crippen molar-refractivity contribution in [3.63, 3.8) is 0 Å². The number of fused-ring (bicyclic) bond motifs is 3. The normalized spacial score (nSPS) is 17.4. The van der Waals surface area contributed by atoms with E-state index >= 15 is 0 Å². The van der Waals surface area contributed by atoms with E-state index in [4.69, 9.17) is 14.4 Å². The first-order valence-electron chi connectivity index (χ1n) is 16.5. The number of furan rings is 1. The molecule has 7 aromatic rings. The smallest absolute Gasteiger partial charge is 0.135 e. The van der Waals surface area contributed by atoms with Crippen LogP contribution in [0.4, 0.5) is 11.4 Å².